The van der Waals surface area contributed by atoms with Crippen molar-refractivity contribution in [3.63, 3.8) is 0 Å². The summed E-state index contributed by atoms with van der Waals surface area (Å²) >= 11 is 0. The quantitative estimate of drug-likeness (QED) is 0.780. The number of hydrogen-bond donors (Lipinski definition) is 0. The summed E-state index contributed by atoms with van der Waals surface area (Å²) in [6, 6.07) is 3.38. The first-order valence-electron chi connectivity index (χ1n) is 5.27. The van der Waals surface area contributed by atoms with Gasteiger partial charge in [-0.15, -0.1) is 0 Å². The standard InChI is InChI=1S/C12H14F3NOS/c1-12(2,3)18(17)16-10(7-13)8-5-4-6-9(14)11(8)15/h4-6H,7H2,1-3H3. The van der Waals surface area contributed by atoms with Crippen molar-refractivity contribution in [2.24, 2.45) is 4.40 Å². The van der Waals surface area contributed by atoms with E-state index in [1.54, 1.807) is 20.8 Å². The van der Waals surface area contributed by atoms with E-state index in [9.17, 15) is 17.4 Å². The molecule has 2 nitrogen and oxygen atoms in total. The molecule has 0 heterocycles. The van der Waals surface area contributed by atoms with Gasteiger partial charge in [-0.25, -0.2) is 17.4 Å². The molecule has 0 aliphatic rings. The Bertz CT molecular complexity index is 495. The zero-order valence-corrected chi connectivity index (χ0v) is 11.2. The van der Waals surface area contributed by atoms with Crippen LogP contribution in [0.3, 0.4) is 0 Å². The highest BCUT2D eigenvalue weighted by molar-refractivity contribution is 7.85. The molecule has 1 rings (SSSR count). The van der Waals surface area contributed by atoms with E-state index in [4.69, 9.17) is 0 Å². The van der Waals surface area contributed by atoms with Gasteiger partial charge in [-0.2, -0.15) is 4.40 Å². The van der Waals surface area contributed by atoms with Gasteiger partial charge < -0.3 is 0 Å². The van der Waals surface area contributed by atoms with Gasteiger partial charge in [0, 0.05) is 5.56 Å². The van der Waals surface area contributed by atoms with Crippen LogP contribution in [0.4, 0.5) is 13.2 Å². The van der Waals surface area contributed by atoms with E-state index < -0.39 is 34.0 Å². The third kappa shape index (κ3) is 3.41. The largest absolute Gasteiger partial charge is 0.244 e. The van der Waals surface area contributed by atoms with Crippen LogP contribution in [0, 0.1) is 11.6 Å². The highest BCUT2D eigenvalue weighted by atomic mass is 32.2. The molecule has 0 aliphatic carbocycles. The van der Waals surface area contributed by atoms with Crippen molar-refractivity contribution >= 4 is 16.7 Å². The van der Waals surface area contributed by atoms with Crippen LogP contribution in [0.25, 0.3) is 0 Å². The van der Waals surface area contributed by atoms with E-state index in [0.717, 1.165) is 6.07 Å². The highest BCUT2D eigenvalue weighted by Crippen LogP contribution is 2.17. The van der Waals surface area contributed by atoms with Gasteiger partial charge in [-0.1, -0.05) is 6.07 Å². The Morgan fingerprint density at radius 1 is 1.33 bits per heavy atom. The molecular formula is C12H14F3NOS. The Balaban J connectivity index is 3.23. The molecule has 0 fully saturated rings. The summed E-state index contributed by atoms with van der Waals surface area (Å²) in [5, 5.41) is 0. The van der Waals surface area contributed by atoms with E-state index in [2.05, 4.69) is 4.40 Å². The van der Waals surface area contributed by atoms with Crippen LogP contribution in [0.15, 0.2) is 22.6 Å². The summed E-state index contributed by atoms with van der Waals surface area (Å²) in [6.45, 7) is 3.86. The van der Waals surface area contributed by atoms with Crippen molar-refractivity contribution in [3.8, 4) is 0 Å². The Morgan fingerprint density at radius 2 is 1.94 bits per heavy atom. The number of halogens is 3. The third-order valence-corrected chi connectivity index (χ3v) is 3.54. The first kappa shape index (κ1) is 14.9. The molecule has 100 valence electrons. The predicted octanol–water partition coefficient (Wildman–Crippen LogP) is 3.19. The molecule has 0 spiro atoms. The van der Waals surface area contributed by atoms with Crippen LogP contribution in [-0.2, 0) is 11.0 Å². The monoisotopic (exact) mass is 277 g/mol. The fraction of sp³-hybridized carbons (Fsp3) is 0.417. The lowest BCUT2D eigenvalue weighted by Crippen LogP contribution is -2.22. The first-order chi connectivity index (χ1) is 8.27. The molecule has 0 saturated heterocycles. The molecule has 0 N–H and O–H groups in total. The van der Waals surface area contributed by atoms with Gasteiger partial charge in [0.25, 0.3) is 0 Å². The molecule has 1 atom stereocenters. The lowest BCUT2D eigenvalue weighted by Gasteiger charge is -2.14. The molecule has 1 unspecified atom stereocenters. The molecule has 18 heavy (non-hydrogen) atoms. The molecule has 1 aromatic rings. The highest BCUT2D eigenvalue weighted by Gasteiger charge is 2.21. The van der Waals surface area contributed by atoms with Crippen molar-refractivity contribution in [2.75, 3.05) is 6.67 Å². The molecular weight excluding hydrogens is 263 g/mol. The minimum atomic E-state index is -1.72. The minimum Gasteiger partial charge on any atom is -0.244 e. The molecule has 0 aliphatic heterocycles. The first-order valence-corrected chi connectivity index (χ1v) is 6.38. The van der Waals surface area contributed by atoms with Crippen LogP contribution in [0.5, 0.6) is 0 Å². The Labute approximate surface area is 107 Å². The molecule has 0 bridgehead atoms. The summed E-state index contributed by atoms with van der Waals surface area (Å²) in [5.41, 5.74) is -0.643. The second-order valence-electron chi connectivity index (χ2n) is 4.63. The Kier molecular flexibility index (Phi) is 4.67. The van der Waals surface area contributed by atoms with E-state index in [1.165, 1.54) is 12.1 Å². The Morgan fingerprint density at radius 3 is 2.44 bits per heavy atom. The summed E-state index contributed by atoms with van der Waals surface area (Å²) in [4.78, 5) is 0. The normalized spacial score (nSPS) is 14.7. The number of alkyl halides is 1. The van der Waals surface area contributed by atoms with Gasteiger partial charge in [0.1, 0.15) is 17.7 Å². The fourth-order valence-corrected chi connectivity index (χ4v) is 1.73. The average Bonchev–Trinajstić information content (AvgIpc) is 2.28. The second kappa shape index (κ2) is 5.65. The van der Waals surface area contributed by atoms with Gasteiger partial charge in [-0.3, -0.25) is 0 Å². The zero-order valence-electron chi connectivity index (χ0n) is 10.3. The van der Waals surface area contributed by atoms with Crippen LogP contribution in [-0.4, -0.2) is 21.3 Å². The topological polar surface area (TPSA) is 29.4 Å². The summed E-state index contributed by atoms with van der Waals surface area (Å²) in [6.07, 6.45) is 0. The lowest BCUT2D eigenvalue weighted by atomic mass is 10.1. The smallest absolute Gasteiger partial charge is 0.167 e. The maximum atomic E-state index is 13.5. The van der Waals surface area contributed by atoms with E-state index in [-0.39, 0.29) is 11.3 Å². The Hall–Kier alpha value is -1.17. The van der Waals surface area contributed by atoms with Crippen LogP contribution >= 0.6 is 0 Å². The third-order valence-electron chi connectivity index (χ3n) is 2.11. The number of rotatable bonds is 3. The van der Waals surface area contributed by atoms with Gasteiger partial charge in [-0.05, 0) is 32.9 Å². The van der Waals surface area contributed by atoms with Crippen molar-refractivity contribution in [2.45, 2.75) is 25.5 Å². The summed E-state index contributed by atoms with van der Waals surface area (Å²) in [7, 11) is -1.72. The summed E-state index contributed by atoms with van der Waals surface area (Å²) < 4.78 is 54.0. The van der Waals surface area contributed by atoms with Gasteiger partial charge >= 0.3 is 0 Å². The lowest BCUT2D eigenvalue weighted by molar-refractivity contribution is 0.505. The zero-order chi connectivity index (χ0) is 13.9. The minimum absolute atomic E-state index is 0.296. The molecule has 0 aromatic heterocycles. The molecule has 0 saturated carbocycles. The number of hydrogen-bond acceptors (Lipinski definition) is 1. The summed E-state index contributed by atoms with van der Waals surface area (Å²) in [5.74, 6) is -2.27. The van der Waals surface area contributed by atoms with E-state index >= 15 is 0 Å². The van der Waals surface area contributed by atoms with Crippen molar-refractivity contribution < 1.29 is 17.4 Å². The second-order valence-corrected chi connectivity index (χ2v) is 6.54. The number of nitrogens with zero attached hydrogens (tertiary/aromatic N) is 1. The van der Waals surface area contributed by atoms with Crippen molar-refractivity contribution in [3.05, 3.63) is 35.4 Å². The van der Waals surface area contributed by atoms with Crippen LogP contribution in [0.2, 0.25) is 0 Å². The van der Waals surface area contributed by atoms with Gasteiger partial charge in [0.05, 0.1) is 10.5 Å². The van der Waals surface area contributed by atoms with Gasteiger partial charge in [0.15, 0.2) is 11.6 Å². The predicted molar refractivity (Wildman–Crippen MR) is 66.8 cm³/mol. The molecule has 6 heteroatoms. The van der Waals surface area contributed by atoms with Crippen LogP contribution in [0.1, 0.15) is 26.3 Å². The van der Waals surface area contributed by atoms with Crippen LogP contribution < -0.4 is 0 Å². The average molecular weight is 277 g/mol. The van der Waals surface area contributed by atoms with Crippen molar-refractivity contribution in [1.82, 2.24) is 0 Å². The van der Waals surface area contributed by atoms with E-state index in [1.807, 2.05) is 0 Å². The molecule has 1 aromatic carbocycles. The fourth-order valence-electron chi connectivity index (χ4n) is 1.11. The van der Waals surface area contributed by atoms with Gasteiger partial charge in [0.2, 0.25) is 0 Å². The number of benzene rings is 1. The SMILES string of the molecule is CC(C)(C)S(=O)N=C(CF)c1cccc(F)c1F. The van der Waals surface area contributed by atoms with Crippen molar-refractivity contribution in [1.29, 1.82) is 0 Å². The van der Waals surface area contributed by atoms with E-state index in [0.29, 0.717) is 0 Å². The molecule has 0 amide bonds. The molecule has 0 radical (unpaired) electrons. The maximum absolute atomic E-state index is 13.5. The maximum Gasteiger partial charge on any atom is 0.167 e.